The molecule has 3 rings (SSSR count). The highest BCUT2D eigenvalue weighted by molar-refractivity contribution is 5.59. The summed E-state index contributed by atoms with van der Waals surface area (Å²) in [5, 5.41) is 11.7. The van der Waals surface area contributed by atoms with Crippen LogP contribution in [0.3, 0.4) is 0 Å². The van der Waals surface area contributed by atoms with E-state index in [-0.39, 0.29) is 0 Å². The van der Waals surface area contributed by atoms with Crippen molar-refractivity contribution in [3.05, 3.63) is 72.6 Å². The number of aromatic nitrogens is 3. The third-order valence-corrected chi connectivity index (χ3v) is 3.18. The number of pyridine rings is 1. The van der Waals surface area contributed by atoms with Gasteiger partial charge in [0, 0.05) is 24.5 Å². The molecule has 0 unspecified atom stereocenters. The second-order valence-electron chi connectivity index (χ2n) is 4.71. The fraction of sp³-hybridized carbons (Fsp3) is 0.118. The molecule has 4 heteroatoms. The molecule has 0 aliphatic heterocycles. The Kier molecular flexibility index (Phi) is 4.17. The molecule has 0 saturated heterocycles. The monoisotopic (exact) mass is 276 g/mol. The first-order valence-corrected chi connectivity index (χ1v) is 6.94. The molecule has 3 aromatic rings. The molecular weight excluding hydrogens is 260 g/mol. The number of hydrogen-bond donors (Lipinski definition) is 1. The fourth-order valence-electron chi connectivity index (χ4n) is 2.07. The topological polar surface area (TPSA) is 50.7 Å². The van der Waals surface area contributed by atoms with Crippen molar-refractivity contribution >= 4 is 5.82 Å². The summed E-state index contributed by atoms with van der Waals surface area (Å²) in [6.45, 7) is 0.811. The van der Waals surface area contributed by atoms with Crippen LogP contribution in [0.5, 0.6) is 0 Å². The van der Waals surface area contributed by atoms with Gasteiger partial charge in [0.1, 0.15) is 5.82 Å². The third kappa shape index (κ3) is 3.63. The predicted octanol–water partition coefficient (Wildman–Crippen LogP) is 3.19. The Hall–Kier alpha value is -2.75. The molecule has 4 nitrogen and oxygen atoms in total. The lowest BCUT2D eigenvalue weighted by Gasteiger charge is -2.05. The second-order valence-corrected chi connectivity index (χ2v) is 4.71. The molecule has 0 radical (unpaired) electrons. The van der Waals surface area contributed by atoms with Crippen LogP contribution < -0.4 is 5.32 Å². The van der Waals surface area contributed by atoms with Gasteiger partial charge in [0.05, 0.1) is 5.69 Å². The van der Waals surface area contributed by atoms with E-state index in [0.717, 1.165) is 30.0 Å². The SMILES string of the molecule is c1ccc(-c2ccc(NCCc3cccnc3)nn2)cc1. The maximum atomic E-state index is 4.25. The molecule has 1 aromatic carbocycles. The summed E-state index contributed by atoms with van der Waals surface area (Å²) in [5.41, 5.74) is 3.17. The standard InChI is InChI=1S/C17H16N4/c1-2-6-15(7-3-1)16-8-9-17(21-20-16)19-12-10-14-5-4-11-18-13-14/h1-9,11,13H,10,12H2,(H,19,21). The van der Waals surface area contributed by atoms with Crippen LogP contribution in [-0.4, -0.2) is 21.7 Å². The van der Waals surface area contributed by atoms with E-state index in [4.69, 9.17) is 0 Å². The van der Waals surface area contributed by atoms with Gasteiger partial charge in [0.2, 0.25) is 0 Å². The molecule has 0 amide bonds. The fourth-order valence-corrected chi connectivity index (χ4v) is 2.07. The Morgan fingerprint density at radius 1 is 0.857 bits per heavy atom. The molecule has 21 heavy (non-hydrogen) atoms. The van der Waals surface area contributed by atoms with Gasteiger partial charge in [-0.3, -0.25) is 4.98 Å². The van der Waals surface area contributed by atoms with Crippen LogP contribution in [0.2, 0.25) is 0 Å². The minimum atomic E-state index is 0.790. The van der Waals surface area contributed by atoms with Gasteiger partial charge in [-0.2, -0.15) is 0 Å². The quantitative estimate of drug-likeness (QED) is 0.777. The minimum absolute atomic E-state index is 0.790. The number of benzene rings is 1. The van der Waals surface area contributed by atoms with E-state index in [1.165, 1.54) is 5.56 Å². The Morgan fingerprint density at radius 2 is 1.76 bits per heavy atom. The molecule has 0 saturated carbocycles. The smallest absolute Gasteiger partial charge is 0.148 e. The number of nitrogens with zero attached hydrogens (tertiary/aromatic N) is 3. The summed E-state index contributed by atoms with van der Waals surface area (Å²) < 4.78 is 0. The normalized spacial score (nSPS) is 10.3. The lowest BCUT2D eigenvalue weighted by Crippen LogP contribution is -2.07. The highest BCUT2D eigenvalue weighted by Gasteiger charge is 2.00. The molecule has 1 N–H and O–H groups in total. The lowest BCUT2D eigenvalue weighted by atomic mass is 10.1. The largest absolute Gasteiger partial charge is 0.368 e. The first kappa shape index (κ1) is 13.2. The van der Waals surface area contributed by atoms with Crippen LogP contribution in [0, 0.1) is 0 Å². The number of anilines is 1. The number of hydrogen-bond acceptors (Lipinski definition) is 4. The summed E-state index contributed by atoms with van der Waals surface area (Å²) in [6, 6.07) is 18.0. The highest BCUT2D eigenvalue weighted by atomic mass is 15.2. The van der Waals surface area contributed by atoms with Gasteiger partial charge < -0.3 is 5.32 Å². The molecule has 0 aliphatic carbocycles. The van der Waals surface area contributed by atoms with E-state index < -0.39 is 0 Å². The summed E-state index contributed by atoms with van der Waals surface area (Å²) >= 11 is 0. The van der Waals surface area contributed by atoms with Crippen molar-refractivity contribution in [2.45, 2.75) is 6.42 Å². The van der Waals surface area contributed by atoms with Gasteiger partial charge in [-0.05, 0) is 30.2 Å². The van der Waals surface area contributed by atoms with Gasteiger partial charge in [-0.15, -0.1) is 10.2 Å². The van der Waals surface area contributed by atoms with Gasteiger partial charge >= 0.3 is 0 Å². The summed E-state index contributed by atoms with van der Waals surface area (Å²) in [6.07, 6.45) is 4.58. The van der Waals surface area contributed by atoms with E-state index in [9.17, 15) is 0 Å². The maximum absolute atomic E-state index is 4.25. The first-order valence-electron chi connectivity index (χ1n) is 6.94. The van der Waals surface area contributed by atoms with Gasteiger partial charge in [0.15, 0.2) is 0 Å². The average molecular weight is 276 g/mol. The van der Waals surface area contributed by atoms with Crippen LogP contribution >= 0.6 is 0 Å². The van der Waals surface area contributed by atoms with Crippen LogP contribution in [0.25, 0.3) is 11.3 Å². The molecule has 2 aromatic heterocycles. The zero-order valence-corrected chi connectivity index (χ0v) is 11.6. The van der Waals surface area contributed by atoms with Crippen molar-refractivity contribution in [1.82, 2.24) is 15.2 Å². The molecular formula is C17H16N4. The van der Waals surface area contributed by atoms with Crippen LogP contribution in [0.15, 0.2) is 67.0 Å². The first-order chi connectivity index (χ1) is 10.4. The van der Waals surface area contributed by atoms with E-state index in [1.807, 2.05) is 54.7 Å². The molecule has 0 spiro atoms. The molecule has 0 aliphatic rings. The van der Waals surface area contributed by atoms with Crippen molar-refractivity contribution in [2.24, 2.45) is 0 Å². The van der Waals surface area contributed by atoms with E-state index in [2.05, 4.69) is 26.6 Å². The Balaban J connectivity index is 1.58. The minimum Gasteiger partial charge on any atom is -0.368 e. The van der Waals surface area contributed by atoms with Crippen molar-refractivity contribution in [3.63, 3.8) is 0 Å². The Bertz CT molecular complexity index is 666. The van der Waals surface area contributed by atoms with Gasteiger partial charge in [-0.1, -0.05) is 36.4 Å². The molecule has 104 valence electrons. The van der Waals surface area contributed by atoms with Crippen molar-refractivity contribution < 1.29 is 0 Å². The molecule has 0 bridgehead atoms. The van der Waals surface area contributed by atoms with Crippen LogP contribution in [-0.2, 0) is 6.42 Å². The van der Waals surface area contributed by atoms with E-state index >= 15 is 0 Å². The van der Waals surface area contributed by atoms with Crippen molar-refractivity contribution in [1.29, 1.82) is 0 Å². The Morgan fingerprint density at radius 3 is 2.48 bits per heavy atom. The predicted molar refractivity (Wildman–Crippen MR) is 83.9 cm³/mol. The second kappa shape index (κ2) is 6.61. The van der Waals surface area contributed by atoms with Crippen molar-refractivity contribution in [3.8, 4) is 11.3 Å². The summed E-state index contributed by atoms with van der Waals surface area (Å²) in [7, 11) is 0. The summed E-state index contributed by atoms with van der Waals surface area (Å²) in [5.74, 6) is 0.790. The average Bonchev–Trinajstić information content (AvgIpc) is 2.57. The molecule has 0 fully saturated rings. The molecule has 0 atom stereocenters. The van der Waals surface area contributed by atoms with E-state index in [0.29, 0.717) is 0 Å². The third-order valence-electron chi connectivity index (χ3n) is 3.18. The zero-order chi connectivity index (χ0) is 14.3. The number of rotatable bonds is 5. The summed E-state index contributed by atoms with van der Waals surface area (Å²) in [4.78, 5) is 4.10. The van der Waals surface area contributed by atoms with E-state index in [1.54, 1.807) is 6.20 Å². The highest BCUT2D eigenvalue weighted by Crippen LogP contribution is 2.16. The van der Waals surface area contributed by atoms with Gasteiger partial charge in [-0.25, -0.2) is 0 Å². The Labute approximate surface area is 123 Å². The van der Waals surface area contributed by atoms with Crippen molar-refractivity contribution in [2.75, 3.05) is 11.9 Å². The number of nitrogens with one attached hydrogen (secondary N) is 1. The van der Waals surface area contributed by atoms with Gasteiger partial charge in [0.25, 0.3) is 0 Å². The maximum Gasteiger partial charge on any atom is 0.148 e. The van der Waals surface area contributed by atoms with Crippen LogP contribution in [0.1, 0.15) is 5.56 Å². The lowest BCUT2D eigenvalue weighted by molar-refractivity contribution is 0.963. The zero-order valence-electron chi connectivity index (χ0n) is 11.6. The molecule has 2 heterocycles. The van der Waals surface area contributed by atoms with Crippen LogP contribution in [0.4, 0.5) is 5.82 Å².